The number of rotatable bonds is 8. The number of carbonyl (C=O) groups excluding carboxylic acids is 2. The molecule has 0 spiro atoms. The Morgan fingerprint density at radius 2 is 1.72 bits per heavy atom. The summed E-state index contributed by atoms with van der Waals surface area (Å²) in [4.78, 5) is 28.3. The Balaban J connectivity index is 2.17. The van der Waals surface area contributed by atoms with Gasteiger partial charge in [0.15, 0.2) is 0 Å². The second-order valence-electron chi connectivity index (χ2n) is 7.03. The van der Waals surface area contributed by atoms with E-state index >= 15 is 0 Å². The molecule has 1 aliphatic rings. The fourth-order valence-corrected chi connectivity index (χ4v) is 4.26. The largest absolute Gasteiger partial charge is 0.495 e. The van der Waals surface area contributed by atoms with Gasteiger partial charge in [0, 0.05) is 51.3 Å². The van der Waals surface area contributed by atoms with Crippen LogP contribution in [0.5, 0.6) is 5.75 Å². The lowest BCUT2D eigenvalue weighted by Gasteiger charge is -2.35. The molecule has 29 heavy (non-hydrogen) atoms. The van der Waals surface area contributed by atoms with Crippen LogP contribution in [-0.4, -0.2) is 83.6 Å². The molecule has 1 aromatic carbocycles. The molecule has 1 fully saturated rings. The van der Waals surface area contributed by atoms with Gasteiger partial charge in [0.1, 0.15) is 10.6 Å². The lowest BCUT2D eigenvalue weighted by atomic mass is 10.1. The van der Waals surface area contributed by atoms with Crippen LogP contribution >= 0.6 is 0 Å². The van der Waals surface area contributed by atoms with Crippen molar-refractivity contribution in [2.45, 2.75) is 18.7 Å². The van der Waals surface area contributed by atoms with Crippen molar-refractivity contribution in [2.24, 2.45) is 5.92 Å². The van der Waals surface area contributed by atoms with Gasteiger partial charge in [-0.05, 0) is 18.2 Å². The molecular weight excluding hydrogens is 398 g/mol. The number of amides is 2. The number of sulfonamides is 1. The highest BCUT2D eigenvalue weighted by atomic mass is 32.2. The monoisotopic (exact) mass is 427 g/mol. The van der Waals surface area contributed by atoms with E-state index in [9.17, 15) is 18.0 Å². The van der Waals surface area contributed by atoms with E-state index in [1.807, 2.05) is 13.8 Å². The molecule has 0 aliphatic carbocycles. The van der Waals surface area contributed by atoms with Gasteiger partial charge < -0.3 is 19.3 Å². The molecule has 1 N–H and O–H groups in total. The smallest absolute Gasteiger partial charge is 0.254 e. The summed E-state index contributed by atoms with van der Waals surface area (Å²) in [6.45, 7) is 5.74. The Labute approximate surface area is 172 Å². The van der Waals surface area contributed by atoms with E-state index in [-0.39, 0.29) is 47.1 Å². The molecule has 0 saturated carbocycles. The molecule has 0 aromatic heterocycles. The van der Waals surface area contributed by atoms with Crippen molar-refractivity contribution >= 4 is 21.8 Å². The Bertz CT molecular complexity index is 832. The Morgan fingerprint density at radius 1 is 1.10 bits per heavy atom. The van der Waals surface area contributed by atoms with Crippen molar-refractivity contribution in [3.8, 4) is 5.75 Å². The molecule has 2 rings (SSSR count). The van der Waals surface area contributed by atoms with Gasteiger partial charge in [0.25, 0.3) is 5.91 Å². The van der Waals surface area contributed by atoms with Gasteiger partial charge in [0.05, 0.1) is 13.7 Å². The minimum atomic E-state index is -3.87. The van der Waals surface area contributed by atoms with Crippen LogP contribution in [0, 0.1) is 5.92 Å². The second-order valence-corrected chi connectivity index (χ2v) is 8.76. The maximum atomic E-state index is 12.9. The van der Waals surface area contributed by atoms with Gasteiger partial charge >= 0.3 is 0 Å². The van der Waals surface area contributed by atoms with E-state index in [0.29, 0.717) is 26.2 Å². The van der Waals surface area contributed by atoms with Gasteiger partial charge in [-0.15, -0.1) is 0 Å². The SMILES string of the molecule is COCCNS(=O)(=O)c1cc(C(=O)N2CCN(C(=O)C(C)C)CC2)ccc1OC. The van der Waals surface area contributed by atoms with Crippen LogP contribution in [0.25, 0.3) is 0 Å². The Morgan fingerprint density at radius 3 is 2.28 bits per heavy atom. The summed E-state index contributed by atoms with van der Waals surface area (Å²) in [5.41, 5.74) is 0.251. The predicted octanol–water partition coefficient (Wildman–Crippen LogP) is 0.560. The molecule has 0 atom stereocenters. The zero-order valence-electron chi connectivity index (χ0n) is 17.3. The van der Waals surface area contributed by atoms with Crippen molar-refractivity contribution in [2.75, 3.05) is 53.6 Å². The normalized spacial score (nSPS) is 14.9. The number of hydrogen-bond acceptors (Lipinski definition) is 6. The zero-order valence-corrected chi connectivity index (χ0v) is 18.1. The third kappa shape index (κ3) is 5.68. The van der Waals surface area contributed by atoms with Crippen LogP contribution in [0.15, 0.2) is 23.1 Å². The maximum Gasteiger partial charge on any atom is 0.254 e. The van der Waals surface area contributed by atoms with E-state index in [1.165, 1.54) is 26.4 Å². The van der Waals surface area contributed by atoms with Crippen molar-refractivity contribution in [3.63, 3.8) is 0 Å². The molecule has 9 nitrogen and oxygen atoms in total. The molecular formula is C19H29N3O6S. The van der Waals surface area contributed by atoms with Gasteiger partial charge in [0.2, 0.25) is 15.9 Å². The van der Waals surface area contributed by atoms with E-state index < -0.39 is 10.0 Å². The van der Waals surface area contributed by atoms with Crippen LogP contribution in [0.3, 0.4) is 0 Å². The average Bonchev–Trinajstić information content (AvgIpc) is 2.72. The molecule has 0 unspecified atom stereocenters. The van der Waals surface area contributed by atoms with Gasteiger partial charge in [-0.3, -0.25) is 9.59 Å². The van der Waals surface area contributed by atoms with E-state index in [0.717, 1.165) is 0 Å². The van der Waals surface area contributed by atoms with Crippen LogP contribution in [0.4, 0.5) is 0 Å². The fourth-order valence-electron chi connectivity index (χ4n) is 3.05. The van der Waals surface area contributed by atoms with Crippen LogP contribution in [0.2, 0.25) is 0 Å². The Hall–Kier alpha value is -2.17. The van der Waals surface area contributed by atoms with Gasteiger partial charge in [-0.1, -0.05) is 13.8 Å². The van der Waals surface area contributed by atoms with Crippen molar-refractivity contribution in [1.29, 1.82) is 0 Å². The molecule has 0 radical (unpaired) electrons. The first-order valence-corrected chi connectivity index (χ1v) is 10.9. The van der Waals surface area contributed by atoms with Crippen molar-refractivity contribution in [1.82, 2.24) is 14.5 Å². The highest BCUT2D eigenvalue weighted by Crippen LogP contribution is 2.25. The molecule has 0 bridgehead atoms. The summed E-state index contributed by atoms with van der Waals surface area (Å²) in [6, 6.07) is 4.33. The van der Waals surface area contributed by atoms with Crippen molar-refractivity contribution in [3.05, 3.63) is 23.8 Å². The second kappa shape index (κ2) is 10.0. The lowest BCUT2D eigenvalue weighted by Crippen LogP contribution is -2.51. The average molecular weight is 428 g/mol. The number of methoxy groups -OCH3 is 2. The summed E-state index contributed by atoms with van der Waals surface area (Å²) in [7, 11) is -1.02. The summed E-state index contributed by atoms with van der Waals surface area (Å²) >= 11 is 0. The standard InChI is InChI=1S/C19H29N3O6S/c1-14(2)18(23)21-8-10-22(11-9-21)19(24)15-5-6-16(28-4)17(13-15)29(25,26)20-7-12-27-3/h5-6,13-14,20H,7-12H2,1-4H3. The van der Waals surface area contributed by atoms with Gasteiger partial charge in [-0.2, -0.15) is 0 Å². The molecule has 1 aromatic rings. The molecule has 1 aliphatic heterocycles. The first-order valence-electron chi connectivity index (χ1n) is 9.46. The van der Waals surface area contributed by atoms with Crippen molar-refractivity contribution < 1.29 is 27.5 Å². The number of hydrogen-bond donors (Lipinski definition) is 1. The molecule has 1 heterocycles. The zero-order chi connectivity index (χ0) is 21.6. The van der Waals surface area contributed by atoms with E-state index in [4.69, 9.17) is 9.47 Å². The predicted molar refractivity (Wildman–Crippen MR) is 107 cm³/mol. The first-order chi connectivity index (χ1) is 13.7. The third-order valence-electron chi connectivity index (χ3n) is 4.67. The Kier molecular flexibility index (Phi) is 8.00. The number of nitrogens with zero attached hydrogens (tertiary/aromatic N) is 2. The highest BCUT2D eigenvalue weighted by molar-refractivity contribution is 7.89. The van der Waals surface area contributed by atoms with E-state index in [2.05, 4.69) is 4.72 Å². The topological polar surface area (TPSA) is 105 Å². The molecule has 10 heteroatoms. The molecule has 162 valence electrons. The number of nitrogens with one attached hydrogen (secondary N) is 1. The van der Waals surface area contributed by atoms with E-state index in [1.54, 1.807) is 15.9 Å². The minimum Gasteiger partial charge on any atom is -0.495 e. The first kappa shape index (κ1) is 23.1. The number of benzene rings is 1. The maximum absolute atomic E-state index is 12.9. The van der Waals surface area contributed by atoms with Crippen LogP contribution in [-0.2, 0) is 19.6 Å². The molecule has 2 amide bonds. The van der Waals surface area contributed by atoms with Crippen LogP contribution < -0.4 is 9.46 Å². The van der Waals surface area contributed by atoms with Crippen LogP contribution in [0.1, 0.15) is 24.2 Å². The third-order valence-corrected chi connectivity index (χ3v) is 6.15. The number of ether oxygens (including phenoxy) is 2. The lowest BCUT2D eigenvalue weighted by molar-refractivity contribution is -0.135. The molecule has 1 saturated heterocycles. The van der Waals surface area contributed by atoms with Gasteiger partial charge in [-0.25, -0.2) is 13.1 Å². The number of carbonyl (C=O) groups is 2. The summed E-state index contributed by atoms with van der Waals surface area (Å²) in [5, 5.41) is 0. The highest BCUT2D eigenvalue weighted by Gasteiger charge is 2.27. The number of piperazine rings is 1. The quantitative estimate of drug-likeness (QED) is 0.608. The summed E-state index contributed by atoms with van der Waals surface area (Å²) in [5.74, 6) is -0.147. The fraction of sp³-hybridized carbons (Fsp3) is 0.579. The minimum absolute atomic E-state index is 0.0667. The summed E-state index contributed by atoms with van der Waals surface area (Å²) in [6.07, 6.45) is 0. The summed E-state index contributed by atoms with van der Waals surface area (Å²) < 4.78 is 37.7.